The Balaban J connectivity index is 1.91. The van der Waals surface area contributed by atoms with Crippen LogP contribution in [-0.4, -0.2) is 11.7 Å². The van der Waals surface area contributed by atoms with Crippen LogP contribution in [0.5, 0.6) is 0 Å². The molecule has 0 radical (unpaired) electrons. The Morgan fingerprint density at radius 1 is 1.16 bits per heavy atom. The monoisotopic (exact) mass is 379 g/mol. The van der Waals surface area contributed by atoms with Gasteiger partial charge in [0, 0.05) is 16.3 Å². The maximum atomic E-state index is 13.8. The summed E-state index contributed by atoms with van der Waals surface area (Å²) < 4.78 is 13.8. The summed E-state index contributed by atoms with van der Waals surface area (Å²) in [7, 11) is 0. The van der Waals surface area contributed by atoms with Crippen LogP contribution >= 0.6 is 23.4 Å². The molecule has 1 N–H and O–H groups in total. The number of thioether (sulfide) groups is 1. The summed E-state index contributed by atoms with van der Waals surface area (Å²) in [5.74, 6) is 0.732. The van der Waals surface area contributed by atoms with Gasteiger partial charge in [0.25, 0.3) is 0 Å². The van der Waals surface area contributed by atoms with Crippen LogP contribution in [0.4, 0.5) is 4.39 Å². The quantitative estimate of drug-likeness (QED) is 0.645. The molecule has 5 heteroatoms. The van der Waals surface area contributed by atoms with Gasteiger partial charge >= 0.3 is 0 Å². The van der Waals surface area contributed by atoms with Crippen LogP contribution in [0.3, 0.4) is 0 Å². The lowest BCUT2D eigenvalue weighted by Crippen LogP contribution is -2.30. The standard InChI is InChI=1S/C20H23ClFNOS/c1-14(2)11-19(15-7-4-3-5-8-15)23-20(24)13-25-12-16-17(21)9-6-10-18(16)22/h3-10,14,19H,11-13H2,1-2H3,(H,23,24). The first-order chi connectivity index (χ1) is 12.0. The van der Waals surface area contributed by atoms with E-state index in [1.807, 2.05) is 30.3 Å². The van der Waals surface area contributed by atoms with Crippen LogP contribution in [0.25, 0.3) is 0 Å². The molecular weight excluding hydrogens is 357 g/mol. The molecule has 0 aliphatic carbocycles. The lowest BCUT2D eigenvalue weighted by atomic mass is 9.97. The summed E-state index contributed by atoms with van der Waals surface area (Å²) in [5.41, 5.74) is 1.55. The lowest BCUT2D eigenvalue weighted by Gasteiger charge is -2.21. The highest BCUT2D eigenvalue weighted by molar-refractivity contribution is 7.99. The second-order valence-corrected chi connectivity index (χ2v) is 7.75. The third-order valence-electron chi connectivity index (χ3n) is 3.79. The first kappa shape index (κ1) is 19.8. The molecule has 25 heavy (non-hydrogen) atoms. The summed E-state index contributed by atoms with van der Waals surface area (Å²) >= 11 is 7.37. The van der Waals surface area contributed by atoms with Crippen molar-refractivity contribution in [1.82, 2.24) is 5.32 Å². The minimum Gasteiger partial charge on any atom is -0.349 e. The molecule has 2 aromatic carbocycles. The molecule has 1 atom stereocenters. The van der Waals surface area contributed by atoms with Gasteiger partial charge in [0.05, 0.1) is 11.8 Å². The van der Waals surface area contributed by atoms with E-state index in [9.17, 15) is 9.18 Å². The Labute approximate surface area is 158 Å². The van der Waals surface area contributed by atoms with Crippen molar-refractivity contribution in [2.45, 2.75) is 32.1 Å². The van der Waals surface area contributed by atoms with Crippen molar-refractivity contribution in [3.63, 3.8) is 0 Å². The molecule has 0 fully saturated rings. The predicted octanol–water partition coefficient (Wildman–Crippen LogP) is 5.62. The number of hydrogen-bond acceptors (Lipinski definition) is 2. The summed E-state index contributed by atoms with van der Waals surface area (Å²) in [5, 5.41) is 3.49. The van der Waals surface area contributed by atoms with Crippen LogP contribution < -0.4 is 5.32 Å². The second kappa shape index (κ2) is 9.83. The fourth-order valence-corrected chi connectivity index (χ4v) is 3.76. The number of amides is 1. The second-order valence-electron chi connectivity index (χ2n) is 6.35. The van der Waals surface area contributed by atoms with Crippen LogP contribution in [0.15, 0.2) is 48.5 Å². The Morgan fingerprint density at radius 2 is 1.88 bits per heavy atom. The van der Waals surface area contributed by atoms with Gasteiger partial charge in [-0.05, 0) is 30.0 Å². The summed E-state index contributed by atoms with van der Waals surface area (Å²) in [4.78, 5) is 12.3. The summed E-state index contributed by atoms with van der Waals surface area (Å²) in [6.45, 7) is 4.27. The molecular formula is C20H23ClFNOS. The molecule has 0 saturated carbocycles. The third-order valence-corrected chi connectivity index (χ3v) is 5.10. The van der Waals surface area contributed by atoms with Crippen LogP contribution in [-0.2, 0) is 10.5 Å². The van der Waals surface area contributed by atoms with Gasteiger partial charge in [-0.2, -0.15) is 0 Å². The maximum absolute atomic E-state index is 13.8. The zero-order valence-electron chi connectivity index (χ0n) is 14.5. The van der Waals surface area contributed by atoms with E-state index in [4.69, 9.17) is 11.6 Å². The molecule has 0 spiro atoms. The molecule has 134 valence electrons. The van der Waals surface area contributed by atoms with E-state index in [0.717, 1.165) is 12.0 Å². The van der Waals surface area contributed by atoms with Gasteiger partial charge in [0.15, 0.2) is 0 Å². The molecule has 2 rings (SSSR count). The van der Waals surface area contributed by atoms with E-state index in [2.05, 4.69) is 19.2 Å². The largest absolute Gasteiger partial charge is 0.349 e. The highest BCUT2D eigenvalue weighted by Gasteiger charge is 2.16. The zero-order chi connectivity index (χ0) is 18.2. The van der Waals surface area contributed by atoms with E-state index in [-0.39, 0.29) is 23.5 Å². The van der Waals surface area contributed by atoms with Gasteiger partial charge in [-0.15, -0.1) is 11.8 Å². The molecule has 0 bridgehead atoms. The van der Waals surface area contributed by atoms with Gasteiger partial charge < -0.3 is 5.32 Å². The Kier molecular flexibility index (Phi) is 7.79. The fourth-order valence-electron chi connectivity index (χ4n) is 2.59. The topological polar surface area (TPSA) is 29.1 Å². The molecule has 0 heterocycles. The van der Waals surface area contributed by atoms with Crippen molar-refractivity contribution >= 4 is 29.3 Å². The van der Waals surface area contributed by atoms with Gasteiger partial charge in [-0.25, -0.2) is 4.39 Å². The van der Waals surface area contributed by atoms with E-state index >= 15 is 0 Å². The molecule has 1 amide bonds. The molecule has 1 unspecified atom stereocenters. The Bertz CT molecular complexity index is 673. The predicted molar refractivity (Wildman–Crippen MR) is 104 cm³/mol. The summed E-state index contributed by atoms with van der Waals surface area (Å²) in [6.07, 6.45) is 0.875. The molecule has 2 aromatic rings. The Hall–Kier alpha value is -1.52. The molecule has 0 aliphatic heterocycles. The number of benzene rings is 2. The Morgan fingerprint density at radius 3 is 2.52 bits per heavy atom. The minimum atomic E-state index is -0.331. The fraction of sp³-hybridized carbons (Fsp3) is 0.350. The molecule has 0 aromatic heterocycles. The van der Waals surface area contributed by atoms with Crippen molar-refractivity contribution in [2.75, 3.05) is 5.75 Å². The third kappa shape index (κ3) is 6.37. The average molecular weight is 380 g/mol. The maximum Gasteiger partial charge on any atom is 0.230 e. The smallest absolute Gasteiger partial charge is 0.230 e. The van der Waals surface area contributed by atoms with Gasteiger partial charge in [0.2, 0.25) is 5.91 Å². The van der Waals surface area contributed by atoms with Crippen molar-refractivity contribution in [2.24, 2.45) is 5.92 Å². The summed E-state index contributed by atoms with van der Waals surface area (Å²) in [6, 6.07) is 14.6. The number of halogens is 2. The zero-order valence-corrected chi connectivity index (χ0v) is 16.0. The van der Waals surface area contributed by atoms with E-state index < -0.39 is 0 Å². The normalized spacial score (nSPS) is 12.2. The van der Waals surface area contributed by atoms with Gasteiger partial charge in [0.1, 0.15) is 5.82 Å². The lowest BCUT2D eigenvalue weighted by molar-refractivity contribution is -0.119. The number of carbonyl (C=O) groups is 1. The number of rotatable bonds is 8. The first-order valence-electron chi connectivity index (χ1n) is 8.32. The van der Waals surface area contributed by atoms with E-state index in [0.29, 0.717) is 22.3 Å². The minimum absolute atomic E-state index is 0.00801. The highest BCUT2D eigenvalue weighted by atomic mass is 35.5. The van der Waals surface area contributed by atoms with Crippen LogP contribution in [0, 0.1) is 11.7 Å². The van der Waals surface area contributed by atoms with Crippen molar-refractivity contribution in [3.05, 3.63) is 70.5 Å². The van der Waals surface area contributed by atoms with Crippen LogP contribution in [0.1, 0.15) is 37.4 Å². The van der Waals surface area contributed by atoms with Crippen molar-refractivity contribution in [3.8, 4) is 0 Å². The first-order valence-corrected chi connectivity index (χ1v) is 9.85. The number of nitrogens with one attached hydrogen (secondary N) is 1. The van der Waals surface area contributed by atoms with Crippen molar-refractivity contribution < 1.29 is 9.18 Å². The number of hydrogen-bond donors (Lipinski definition) is 1. The SMILES string of the molecule is CC(C)CC(NC(=O)CSCc1c(F)cccc1Cl)c1ccccc1. The molecule has 2 nitrogen and oxygen atoms in total. The van der Waals surface area contributed by atoms with Crippen LogP contribution in [0.2, 0.25) is 5.02 Å². The highest BCUT2D eigenvalue weighted by Crippen LogP contribution is 2.25. The van der Waals surface area contributed by atoms with E-state index in [1.54, 1.807) is 12.1 Å². The van der Waals surface area contributed by atoms with Gasteiger partial charge in [-0.3, -0.25) is 4.79 Å². The van der Waals surface area contributed by atoms with Crippen molar-refractivity contribution in [1.29, 1.82) is 0 Å². The molecule has 0 saturated heterocycles. The average Bonchev–Trinajstić information content (AvgIpc) is 2.57. The number of carbonyl (C=O) groups excluding carboxylic acids is 1. The van der Waals surface area contributed by atoms with E-state index in [1.165, 1.54) is 17.8 Å². The van der Waals surface area contributed by atoms with Gasteiger partial charge in [-0.1, -0.05) is 61.8 Å². The molecule has 0 aliphatic rings.